The van der Waals surface area contributed by atoms with E-state index in [0.717, 1.165) is 30.7 Å². The summed E-state index contributed by atoms with van der Waals surface area (Å²) in [6.45, 7) is 1.40. The van der Waals surface area contributed by atoms with Crippen LogP contribution in [0, 0.1) is 11.3 Å². The summed E-state index contributed by atoms with van der Waals surface area (Å²) in [5.74, 6) is 0.339. The number of aromatic nitrogens is 3. The first-order valence-corrected chi connectivity index (χ1v) is 9.46. The summed E-state index contributed by atoms with van der Waals surface area (Å²) in [5.41, 5.74) is 4.30. The first kappa shape index (κ1) is 17.9. The van der Waals surface area contributed by atoms with E-state index >= 15 is 0 Å². The molecule has 0 aliphatic carbocycles. The fourth-order valence-corrected chi connectivity index (χ4v) is 3.64. The molecule has 0 saturated carbocycles. The van der Waals surface area contributed by atoms with Gasteiger partial charge in [-0.25, -0.2) is 4.98 Å². The van der Waals surface area contributed by atoms with Gasteiger partial charge in [0.1, 0.15) is 11.8 Å². The molecule has 1 aliphatic heterocycles. The molecule has 0 unspecified atom stereocenters. The van der Waals surface area contributed by atoms with Crippen LogP contribution in [0.3, 0.4) is 0 Å². The van der Waals surface area contributed by atoms with E-state index in [1.165, 1.54) is 11.8 Å². The Balaban J connectivity index is 1.35. The Bertz CT molecular complexity index is 980. The van der Waals surface area contributed by atoms with Crippen molar-refractivity contribution in [2.75, 3.05) is 13.1 Å². The number of hydrogen-bond acceptors (Lipinski definition) is 4. The number of rotatable bonds is 4. The number of benzene rings is 1. The molecule has 0 radical (unpaired) electrons. The van der Waals surface area contributed by atoms with E-state index in [-0.39, 0.29) is 5.91 Å². The van der Waals surface area contributed by atoms with Crippen LogP contribution in [0.15, 0.2) is 54.7 Å². The molecule has 28 heavy (non-hydrogen) atoms. The molecule has 3 aromatic rings. The van der Waals surface area contributed by atoms with E-state index in [2.05, 4.69) is 33.4 Å². The number of nitrogens with one attached hydrogen (secondary N) is 1. The molecule has 3 heterocycles. The number of likely N-dealkylation sites (tertiary alicyclic amines) is 1. The Labute approximate surface area is 163 Å². The molecule has 1 N–H and O–H groups in total. The summed E-state index contributed by atoms with van der Waals surface area (Å²) in [5, 5.41) is 16.5. The molecule has 0 atom stereocenters. The van der Waals surface area contributed by atoms with E-state index in [0.29, 0.717) is 30.3 Å². The van der Waals surface area contributed by atoms with Crippen LogP contribution in [0.2, 0.25) is 0 Å². The number of nitriles is 1. The topological polar surface area (TPSA) is 85.7 Å². The Kier molecular flexibility index (Phi) is 5.16. The Hall–Kier alpha value is -3.46. The maximum Gasteiger partial charge on any atom is 0.255 e. The molecule has 0 bridgehead atoms. The number of hydrogen-bond donors (Lipinski definition) is 1. The van der Waals surface area contributed by atoms with Crippen LogP contribution < -0.4 is 0 Å². The van der Waals surface area contributed by atoms with Crippen LogP contribution in [0.4, 0.5) is 0 Å². The van der Waals surface area contributed by atoms with Crippen LogP contribution in [0.25, 0.3) is 0 Å². The van der Waals surface area contributed by atoms with Crippen LogP contribution >= 0.6 is 0 Å². The molecule has 4 rings (SSSR count). The third kappa shape index (κ3) is 3.94. The lowest BCUT2D eigenvalue weighted by Gasteiger charge is -2.31. The lowest BCUT2D eigenvalue weighted by atomic mass is 9.93. The van der Waals surface area contributed by atoms with Gasteiger partial charge in [-0.15, -0.1) is 0 Å². The molecule has 0 spiro atoms. The van der Waals surface area contributed by atoms with Gasteiger partial charge in [-0.1, -0.05) is 30.3 Å². The lowest BCUT2D eigenvalue weighted by Crippen LogP contribution is -2.38. The standard InChI is InChI=1S/C22H21N5O/c23-14-19-7-6-18(15-24-19)22(28)27-10-8-17(9-11-27)21-13-20(25-26-21)12-16-4-2-1-3-5-16/h1-7,13,15,17H,8-12H2,(H,25,26). The van der Waals surface area contributed by atoms with Gasteiger partial charge in [-0.05, 0) is 36.6 Å². The first-order chi connectivity index (χ1) is 13.7. The number of piperidine rings is 1. The lowest BCUT2D eigenvalue weighted by molar-refractivity contribution is 0.0711. The second-order valence-electron chi connectivity index (χ2n) is 7.09. The zero-order chi connectivity index (χ0) is 19.3. The number of carbonyl (C=O) groups is 1. The maximum absolute atomic E-state index is 12.6. The van der Waals surface area contributed by atoms with Gasteiger partial charge in [0.2, 0.25) is 0 Å². The predicted molar refractivity (Wildman–Crippen MR) is 105 cm³/mol. The van der Waals surface area contributed by atoms with Gasteiger partial charge in [0.05, 0.1) is 11.3 Å². The van der Waals surface area contributed by atoms with E-state index in [9.17, 15) is 4.79 Å². The third-order valence-corrected chi connectivity index (χ3v) is 5.21. The van der Waals surface area contributed by atoms with Crippen LogP contribution in [-0.2, 0) is 6.42 Å². The largest absolute Gasteiger partial charge is 0.339 e. The monoisotopic (exact) mass is 371 g/mol. The van der Waals surface area contributed by atoms with Gasteiger partial charge in [-0.2, -0.15) is 10.4 Å². The zero-order valence-corrected chi connectivity index (χ0v) is 15.5. The highest BCUT2D eigenvalue weighted by Gasteiger charge is 2.26. The molecule has 1 fully saturated rings. The summed E-state index contributed by atoms with van der Waals surface area (Å²) < 4.78 is 0. The zero-order valence-electron chi connectivity index (χ0n) is 15.5. The van der Waals surface area contributed by atoms with Crippen molar-refractivity contribution in [3.63, 3.8) is 0 Å². The minimum atomic E-state index is -0.0257. The average molecular weight is 371 g/mol. The van der Waals surface area contributed by atoms with Crippen LogP contribution in [0.1, 0.15) is 51.8 Å². The van der Waals surface area contributed by atoms with Crippen molar-refractivity contribution in [1.82, 2.24) is 20.1 Å². The second-order valence-corrected chi connectivity index (χ2v) is 7.09. The maximum atomic E-state index is 12.6. The van der Waals surface area contributed by atoms with Crippen molar-refractivity contribution in [1.29, 1.82) is 5.26 Å². The fourth-order valence-electron chi connectivity index (χ4n) is 3.64. The number of aromatic amines is 1. The van der Waals surface area contributed by atoms with E-state index < -0.39 is 0 Å². The summed E-state index contributed by atoms with van der Waals surface area (Å²) in [4.78, 5) is 18.5. The van der Waals surface area contributed by atoms with Gasteiger partial charge < -0.3 is 4.90 Å². The molecule has 1 aliphatic rings. The quantitative estimate of drug-likeness (QED) is 0.762. The molecule has 6 nitrogen and oxygen atoms in total. The van der Waals surface area contributed by atoms with E-state index in [4.69, 9.17) is 5.26 Å². The number of carbonyl (C=O) groups excluding carboxylic acids is 1. The van der Waals surface area contributed by atoms with Crippen molar-refractivity contribution in [2.24, 2.45) is 0 Å². The van der Waals surface area contributed by atoms with Crippen molar-refractivity contribution < 1.29 is 4.79 Å². The van der Waals surface area contributed by atoms with Gasteiger partial charge >= 0.3 is 0 Å². The van der Waals surface area contributed by atoms with E-state index in [1.54, 1.807) is 12.1 Å². The number of H-pyrrole nitrogens is 1. The highest BCUT2D eigenvalue weighted by Crippen LogP contribution is 2.28. The Morgan fingerprint density at radius 3 is 2.64 bits per heavy atom. The van der Waals surface area contributed by atoms with Crippen LogP contribution in [0.5, 0.6) is 0 Å². The smallest absolute Gasteiger partial charge is 0.255 e. The third-order valence-electron chi connectivity index (χ3n) is 5.21. The van der Waals surface area contributed by atoms with Crippen molar-refractivity contribution >= 4 is 5.91 Å². The van der Waals surface area contributed by atoms with Crippen LogP contribution in [-0.4, -0.2) is 39.1 Å². The summed E-state index contributed by atoms with van der Waals surface area (Å²) >= 11 is 0. The summed E-state index contributed by atoms with van der Waals surface area (Å²) in [6, 6.07) is 17.7. The molecule has 6 heteroatoms. The first-order valence-electron chi connectivity index (χ1n) is 9.46. The second kappa shape index (κ2) is 8.05. The molecular formula is C22H21N5O. The van der Waals surface area contributed by atoms with Gasteiger partial charge in [0, 0.05) is 37.3 Å². The fraction of sp³-hybridized carbons (Fsp3) is 0.273. The molecule has 1 amide bonds. The minimum absolute atomic E-state index is 0.0257. The molecular weight excluding hydrogens is 350 g/mol. The van der Waals surface area contributed by atoms with Crippen molar-refractivity contribution in [3.8, 4) is 6.07 Å². The number of pyridine rings is 1. The average Bonchev–Trinajstić information content (AvgIpc) is 3.22. The summed E-state index contributed by atoms with van der Waals surface area (Å²) in [6.07, 6.45) is 4.11. The van der Waals surface area contributed by atoms with Gasteiger partial charge in [-0.3, -0.25) is 9.89 Å². The van der Waals surface area contributed by atoms with Gasteiger partial charge in [0.25, 0.3) is 5.91 Å². The van der Waals surface area contributed by atoms with E-state index in [1.807, 2.05) is 29.2 Å². The highest BCUT2D eigenvalue weighted by molar-refractivity contribution is 5.94. The number of amides is 1. The normalized spacial score (nSPS) is 14.6. The molecule has 2 aromatic heterocycles. The van der Waals surface area contributed by atoms with Gasteiger partial charge in [0.15, 0.2) is 0 Å². The predicted octanol–water partition coefficient (Wildman–Crippen LogP) is 3.29. The number of nitrogens with zero attached hydrogens (tertiary/aromatic N) is 4. The van der Waals surface area contributed by atoms with Crippen molar-refractivity contribution in [3.05, 3.63) is 82.9 Å². The highest BCUT2D eigenvalue weighted by atomic mass is 16.2. The molecule has 1 aromatic carbocycles. The SMILES string of the molecule is N#Cc1ccc(C(=O)N2CCC(c3cc(Cc4ccccc4)[nH]n3)CC2)cn1. The van der Waals surface area contributed by atoms with Crippen molar-refractivity contribution in [2.45, 2.75) is 25.2 Å². The Morgan fingerprint density at radius 1 is 1.18 bits per heavy atom. The molecule has 1 saturated heterocycles. The molecule has 140 valence electrons. The summed E-state index contributed by atoms with van der Waals surface area (Å²) in [7, 11) is 0. The Morgan fingerprint density at radius 2 is 1.96 bits per heavy atom. The minimum Gasteiger partial charge on any atom is -0.339 e.